The van der Waals surface area contributed by atoms with E-state index in [0.29, 0.717) is 23.2 Å². The minimum Gasteiger partial charge on any atom is -0.395 e. The third-order valence-corrected chi connectivity index (χ3v) is 6.77. The molecule has 0 amide bonds. The van der Waals surface area contributed by atoms with E-state index in [2.05, 4.69) is 28.6 Å². The molecule has 1 saturated heterocycles. The summed E-state index contributed by atoms with van der Waals surface area (Å²) in [6.07, 6.45) is 0.130. The number of pyridine rings is 1. The van der Waals surface area contributed by atoms with E-state index in [-0.39, 0.29) is 12.6 Å². The van der Waals surface area contributed by atoms with Gasteiger partial charge in [0.2, 0.25) is 0 Å². The van der Waals surface area contributed by atoms with Crippen molar-refractivity contribution in [3.63, 3.8) is 0 Å². The smallest absolute Gasteiger partial charge is 0.395 e. The van der Waals surface area contributed by atoms with Gasteiger partial charge in [-0.05, 0) is 51.3 Å². The van der Waals surface area contributed by atoms with Crippen molar-refractivity contribution in [2.45, 2.75) is 57.3 Å². The number of aliphatic hydroxyl groups excluding tert-OH is 1. The largest absolute Gasteiger partial charge is 0.433 e. The molecule has 0 bridgehead atoms. The van der Waals surface area contributed by atoms with Gasteiger partial charge < -0.3 is 5.11 Å². The minimum atomic E-state index is -4.44. The van der Waals surface area contributed by atoms with Crippen molar-refractivity contribution in [3.05, 3.63) is 35.8 Å². The highest BCUT2D eigenvalue weighted by Gasteiger charge is 2.34. The average molecular weight is 452 g/mol. The summed E-state index contributed by atoms with van der Waals surface area (Å²) in [6, 6.07) is 5.22. The molecule has 2 aliphatic rings. The second-order valence-corrected chi connectivity index (χ2v) is 9.19. The Morgan fingerprint density at radius 2 is 1.88 bits per heavy atom. The Labute approximate surface area is 187 Å². The lowest BCUT2D eigenvalue weighted by atomic mass is 10.0. The molecule has 1 aliphatic carbocycles. The summed E-state index contributed by atoms with van der Waals surface area (Å²) in [6.45, 7) is 9.17. The summed E-state index contributed by atoms with van der Waals surface area (Å²) in [5, 5.41) is 13.9. The Bertz CT molecular complexity index is 888. The lowest BCUT2D eigenvalue weighted by molar-refractivity contribution is -0.141. The van der Waals surface area contributed by atoms with Gasteiger partial charge in [0.1, 0.15) is 5.69 Å². The fourth-order valence-electron chi connectivity index (χ4n) is 5.03. The Hall–Kier alpha value is -1.97. The van der Waals surface area contributed by atoms with Crippen molar-refractivity contribution < 1.29 is 18.3 Å². The van der Waals surface area contributed by atoms with E-state index in [1.54, 1.807) is 0 Å². The van der Waals surface area contributed by atoms with E-state index < -0.39 is 11.9 Å². The summed E-state index contributed by atoms with van der Waals surface area (Å²) < 4.78 is 40.6. The number of aromatic nitrogens is 3. The quantitative estimate of drug-likeness (QED) is 0.724. The Morgan fingerprint density at radius 1 is 1.12 bits per heavy atom. The Morgan fingerprint density at radius 3 is 2.47 bits per heavy atom. The van der Waals surface area contributed by atoms with E-state index in [0.717, 1.165) is 63.7 Å². The summed E-state index contributed by atoms with van der Waals surface area (Å²) in [5.41, 5.74) is 1.56. The summed E-state index contributed by atoms with van der Waals surface area (Å²) in [4.78, 5) is 8.48. The zero-order valence-corrected chi connectivity index (χ0v) is 18.7. The van der Waals surface area contributed by atoms with Crippen LogP contribution in [0, 0.1) is 0 Å². The molecule has 1 aliphatic heterocycles. The normalized spacial score (nSPS) is 23.3. The summed E-state index contributed by atoms with van der Waals surface area (Å²) in [7, 11) is 0. The van der Waals surface area contributed by atoms with Crippen LogP contribution in [-0.4, -0.2) is 75.0 Å². The number of rotatable bonds is 6. The van der Waals surface area contributed by atoms with E-state index >= 15 is 0 Å². The van der Waals surface area contributed by atoms with E-state index in [1.807, 2.05) is 10.7 Å². The van der Waals surface area contributed by atoms with Crippen LogP contribution in [-0.2, 0) is 6.18 Å². The van der Waals surface area contributed by atoms with Crippen molar-refractivity contribution in [2.75, 3.05) is 39.3 Å². The van der Waals surface area contributed by atoms with Crippen molar-refractivity contribution in [1.29, 1.82) is 0 Å². The standard InChI is InChI=1S/C23H32F3N5O/c1-16(2)31-21(14-20(28-31)18-4-6-22(27-15-18)23(24,25)26)17-3-5-19(13-17)30-9-7-29(8-10-30)11-12-32/h4,6,14-17,19,32H,3,5,7-13H2,1-2H3/t17-,19-/m0/s1. The van der Waals surface area contributed by atoms with Gasteiger partial charge in [-0.3, -0.25) is 19.5 Å². The fourth-order valence-corrected chi connectivity index (χ4v) is 5.03. The van der Waals surface area contributed by atoms with Crippen molar-refractivity contribution in [2.24, 2.45) is 0 Å². The number of alkyl halides is 3. The van der Waals surface area contributed by atoms with Crippen LogP contribution in [0.15, 0.2) is 24.4 Å². The molecule has 0 aromatic carbocycles. The number of hydrogen-bond donors (Lipinski definition) is 1. The predicted molar refractivity (Wildman–Crippen MR) is 116 cm³/mol. The molecule has 32 heavy (non-hydrogen) atoms. The molecule has 0 spiro atoms. The molecular formula is C23H32F3N5O. The van der Waals surface area contributed by atoms with Gasteiger partial charge in [-0.1, -0.05) is 0 Å². The first-order valence-electron chi connectivity index (χ1n) is 11.5. The fraction of sp³-hybridized carbons (Fsp3) is 0.652. The molecule has 9 heteroatoms. The molecule has 176 valence electrons. The van der Waals surface area contributed by atoms with Crippen LogP contribution >= 0.6 is 0 Å². The minimum absolute atomic E-state index is 0.169. The highest BCUT2D eigenvalue weighted by atomic mass is 19.4. The summed E-state index contributed by atoms with van der Waals surface area (Å²) in [5.74, 6) is 0.390. The zero-order valence-electron chi connectivity index (χ0n) is 18.7. The van der Waals surface area contributed by atoms with Gasteiger partial charge in [0.05, 0.1) is 12.3 Å². The maximum Gasteiger partial charge on any atom is 0.433 e. The van der Waals surface area contributed by atoms with Crippen LogP contribution in [0.25, 0.3) is 11.3 Å². The lowest BCUT2D eigenvalue weighted by Crippen LogP contribution is -2.50. The first-order valence-corrected chi connectivity index (χ1v) is 11.5. The van der Waals surface area contributed by atoms with Crippen molar-refractivity contribution in [1.82, 2.24) is 24.6 Å². The number of piperazine rings is 1. The van der Waals surface area contributed by atoms with Crippen LogP contribution in [0.4, 0.5) is 13.2 Å². The molecule has 2 atom stereocenters. The molecule has 0 radical (unpaired) electrons. The van der Waals surface area contributed by atoms with E-state index in [9.17, 15) is 13.2 Å². The molecule has 2 aromatic heterocycles. The average Bonchev–Trinajstić information content (AvgIpc) is 3.42. The van der Waals surface area contributed by atoms with E-state index in [4.69, 9.17) is 10.2 Å². The third kappa shape index (κ3) is 5.00. The topological polar surface area (TPSA) is 57.4 Å². The molecule has 0 unspecified atom stereocenters. The van der Waals surface area contributed by atoms with Crippen LogP contribution in [0.2, 0.25) is 0 Å². The van der Waals surface area contributed by atoms with Gasteiger partial charge in [-0.25, -0.2) is 0 Å². The zero-order chi connectivity index (χ0) is 22.9. The number of hydrogen-bond acceptors (Lipinski definition) is 5. The van der Waals surface area contributed by atoms with Crippen LogP contribution in [0.5, 0.6) is 0 Å². The second-order valence-electron chi connectivity index (χ2n) is 9.19. The van der Waals surface area contributed by atoms with E-state index in [1.165, 1.54) is 12.3 Å². The predicted octanol–water partition coefficient (Wildman–Crippen LogP) is 3.79. The first-order chi connectivity index (χ1) is 15.3. The SMILES string of the molecule is CC(C)n1nc(-c2ccc(C(F)(F)F)nc2)cc1[C@H]1CC[C@H](N2CCN(CCO)CC2)C1. The molecule has 4 rings (SSSR count). The van der Waals surface area contributed by atoms with Gasteiger partial charge in [0.15, 0.2) is 0 Å². The van der Waals surface area contributed by atoms with Crippen LogP contribution in [0.1, 0.15) is 56.5 Å². The lowest BCUT2D eigenvalue weighted by Gasteiger charge is -2.38. The van der Waals surface area contributed by atoms with Crippen molar-refractivity contribution in [3.8, 4) is 11.3 Å². The highest BCUT2D eigenvalue weighted by Crippen LogP contribution is 2.39. The van der Waals surface area contributed by atoms with Gasteiger partial charge in [-0.15, -0.1) is 0 Å². The summed E-state index contributed by atoms with van der Waals surface area (Å²) >= 11 is 0. The number of nitrogens with zero attached hydrogens (tertiary/aromatic N) is 5. The van der Waals surface area contributed by atoms with Crippen LogP contribution < -0.4 is 0 Å². The molecule has 2 aromatic rings. The molecule has 1 N–H and O–H groups in total. The first kappa shape index (κ1) is 23.2. The van der Waals surface area contributed by atoms with Crippen molar-refractivity contribution >= 4 is 0 Å². The van der Waals surface area contributed by atoms with Gasteiger partial charge in [0.25, 0.3) is 0 Å². The number of β-amino-alcohol motifs (C(OH)–C–C–N with tert-alkyl or cyclic N) is 1. The Balaban J connectivity index is 1.48. The maximum absolute atomic E-state index is 12.9. The van der Waals surface area contributed by atoms with Gasteiger partial charge in [-0.2, -0.15) is 18.3 Å². The number of aliphatic hydroxyl groups is 1. The molecule has 6 nitrogen and oxygen atoms in total. The third-order valence-electron chi connectivity index (χ3n) is 6.77. The maximum atomic E-state index is 12.9. The molecular weight excluding hydrogens is 419 g/mol. The Kier molecular flexibility index (Phi) is 6.88. The second kappa shape index (κ2) is 9.49. The number of halogens is 3. The molecule has 1 saturated carbocycles. The van der Waals surface area contributed by atoms with Gasteiger partial charge >= 0.3 is 6.18 Å². The molecule has 2 fully saturated rings. The molecule has 3 heterocycles. The monoisotopic (exact) mass is 451 g/mol. The highest BCUT2D eigenvalue weighted by molar-refractivity contribution is 5.58. The van der Waals surface area contributed by atoms with Gasteiger partial charge in [0, 0.05) is 68.2 Å². The van der Waals surface area contributed by atoms with Crippen LogP contribution in [0.3, 0.4) is 0 Å².